The lowest BCUT2D eigenvalue weighted by Crippen LogP contribution is -2.34. The van der Waals surface area contributed by atoms with Crippen molar-refractivity contribution in [2.75, 3.05) is 6.54 Å². The number of nitrogens with one attached hydrogen (secondary N) is 2. The number of hydrogen-bond donors (Lipinski definition) is 2. The van der Waals surface area contributed by atoms with Crippen LogP contribution in [-0.2, 0) is 9.59 Å². The molecule has 1 atom stereocenters. The van der Waals surface area contributed by atoms with Crippen LogP contribution in [0.3, 0.4) is 0 Å². The molecule has 2 N–H and O–H groups in total. The third-order valence-electron chi connectivity index (χ3n) is 4.63. The molecule has 2 aromatic heterocycles. The molecule has 0 spiro atoms. The first-order valence-electron chi connectivity index (χ1n) is 9.04. The summed E-state index contributed by atoms with van der Waals surface area (Å²) < 4.78 is 5.12. The second kappa shape index (κ2) is 9.38. The number of furan rings is 1. The molecule has 138 valence electrons. The van der Waals surface area contributed by atoms with Crippen molar-refractivity contribution in [3.05, 3.63) is 52.6 Å². The van der Waals surface area contributed by atoms with Gasteiger partial charge < -0.3 is 15.1 Å². The highest BCUT2D eigenvalue weighted by molar-refractivity contribution is 7.10. The minimum Gasteiger partial charge on any atom is -0.465 e. The molecule has 2 amide bonds. The van der Waals surface area contributed by atoms with E-state index in [-0.39, 0.29) is 24.3 Å². The standard InChI is InChI=1S/C20H24N2O3S/c23-18(10-9-16-7-3-13-25-16)21-12-11-19(24)22-20(15-5-1-2-6-15)17-8-4-14-26-17/h3-4,7-10,13-15,20H,1-2,5-6,11-12H2,(H,21,23)(H,22,24). The average molecular weight is 372 g/mol. The summed E-state index contributed by atoms with van der Waals surface area (Å²) in [5, 5.41) is 7.96. The monoisotopic (exact) mass is 372 g/mol. The van der Waals surface area contributed by atoms with Crippen LogP contribution in [0.25, 0.3) is 6.08 Å². The van der Waals surface area contributed by atoms with Crippen molar-refractivity contribution < 1.29 is 14.0 Å². The van der Waals surface area contributed by atoms with E-state index in [0.29, 0.717) is 18.2 Å². The zero-order valence-corrected chi connectivity index (χ0v) is 15.5. The molecule has 0 aromatic carbocycles. The SMILES string of the molecule is O=C(C=Cc1ccco1)NCCC(=O)NC(c1cccs1)C1CCCC1. The minimum atomic E-state index is -0.236. The van der Waals surface area contributed by atoms with Gasteiger partial charge in [0.15, 0.2) is 0 Å². The number of hydrogen-bond acceptors (Lipinski definition) is 4. The molecular formula is C20H24N2O3S. The molecule has 0 aliphatic heterocycles. The van der Waals surface area contributed by atoms with Crippen LogP contribution in [-0.4, -0.2) is 18.4 Å². The van der Waals surface area contributed by atoms with Crippen molar-refractivity contribution in [3.8, 4) is 0 Å². The smallest absolute Gasteiger partial charge is 0.244 e. The van der Waals surface area contributed by atoms with Crippen LogP contribution in [0, 0.1) is 5.92 Å². The maximum atomic E-state index is 12.3. The highest BCUT2D eigenvalue weighted by Crippen LogP contribution is 2.37. The predicted molar refractivity (Wildman–Crippen MR) is 103 cm³/mol. The van der Waals surface area contributed by atoms with Gasteiger partial charge in [-0.05, 0) is 48.4 Å². The van der Waals surface area contributed by atoms with E-state index in [1.54, 1.807) is 35.8 Å². The summed E-state index contributed by atoms with van der Waals surface area (Å²) in [5.74, 6) is 0.877. The van der Waals surface area contributed by atoms with E-state index < -0.39 is 0 Å². The van der Waals surface area contributed by atoms with E-state index in [4.69, 9.17) is 4.42 Å². The highest BCUT2D eigenvalue weighted by Gasteiger charge is 2.28. The summed E-state index contributed by atoms with van der Waals surface area (Å²) in [7, 11) is 0. The van der Waals surface area contributed by atoms with Gasteiger partial charge in [-0.3, -0.25) is 9.59 Å². The first-order chi connectivity index (χ1) is 12.7. The zero-order chi connectivity index (χ0) is 18.2. The van der Waals surface area contributed by atoms with Crippen molar-refractivity contribution in [2.45, 2.75) is 38.1 Å². The van der Waals surface area contributed by atoms with E-state index in [0.717, 1.165) is 12.8 Å². The number of carbonyl (C=O) groups is 2. The molecule has 1 aliphatic carbocycles. The Morgan fingerprint density at radius 1 is 1.27 bits per heavy atom. The first-order valence-corrected chi connectivity index (χ1v) is 9.92. The summed E-state index contributed by atoms with van der Waals surface area (Å²) in [6.45, 7) is 0.314. The second-order valence-corrected chi connectivity index (χ2v) is 7.47. The van der Waals surface area contributed by atoms with Crippen LogP contribution < -0.4 is 10.6 Å². The lowest BCUT2D eigenvalue weighted by molar-refractivity contribution is -0.122. The molecule has 26 heavy (non-hydrogen) atoms. The Bertz CT molecular complexity index is 716. The lowest BCUT2D eigenvalue weighted by atomic mass is 9.96. The van der Waals surface area contributed by atoms with Crippen LogP contribution in [0.5, 0.6) is 0 Å². The van der Waals surface area contributed by atoms with Crippen molar-refractivity contribution in [3.63, 3.8) is 0 Å². The van der Waals surface area contributed by atoms with E-state index in [9.17, 15) is 9.59 Å². The van der Waals surface area contributed by atoms with Gasteiger partial charge in [0.2, 0.25) is 11.8 Å². The van der Waals surface area contributed by atoms with Gasteiger partial charge in [0, 0.05) is 23.9 Å². The fraction of sp³-hybridized carbons (Fsp3) is 0.400. The third kappa shape index (κ3) is 5.33. The minimum absolute atomic E-state index is 0.0226. The molecule has 1 saturated carbocycles. The molecule has 1 fully saturated rings. The quantitative estimate of drug-likeness (QED) is 0.690. The molecule has 0 saturated heterocycles. The molecule has 2 heterocycles. The average Bonchev–Trinajstić information content (AvgIpc) is 3.41. The summed E-state index contributed by atoms with van der Waals surface area (Å²) in [6.07, 6.45) is 9.63. The molecule has 6 heteroatoms. The van der Waals surface area contributed by atoms with Gasteiger partial charge in [-0.25, -0.2) is 0 Å². The van der Waals surface area contributed by atoms with E-state index in [1.807, 2.05) is 6.07 Å². The van der Waals surface area contributed by atoms with Gasteiger partial charge in [-0.15, -0.1) is 11.3 Å². The zero-order valence-electron chi connectivity index (χ0n) is 14.6. The molecule has 1 unspecified atom stereocenters. The van der Waals surface area contributed by atoms with Gasteiger partial charge in [-0.1, -0.05) is 18.9 Å². The van der Waals surface area contributed by atoms with Crippen molar-refractivity contribution in [2.24, 2.45) is 5.92 Å². The second-order valence-electron chi connectivity index (χ2n) is 6.49. The molecule has 0 bridgehead atoms. The summed E-state index contributed by atoms with van der Waals surface area (Å²) in [5.41, 5.74) is 0. The van der Waals surface area contributed by atoms with Gasteiger partial charge in [0.25, 0.3) is 0 Å². The van der Waals surface area contributed by atoms with Crippen molar-refractivity contribution in [1.29, 1.82) is 0 Å². The molecule has 3 rings (SSSR count). The summed E-state index contributed by atoms with van der Waals surface area (Å²) in [4.78, 5) is 25.3. The Labute approximate surface area is 157 Å². The number of amides is 2. The third-order valence-corrected chi connectivity index (χ3v) is 5.59. The van der Waals surface area contributed by atoms with Crippen LogP contribution >= 0.6 is 11.3 Å². The van der Waals surface area contributed by atoms with Crippen molar-refractivity contribution >= 4 is 29.2 Å². The number of carbonyl (C=O) groups excluding carboxylic acids is 2. The van der Waals surface area contributed by atoms with Gasteiger partial charge >= 0.3 is 0 Å². The lowest BCUT2D eigenvalue weighted by Gasteiger charge is -2.23. The van der Waals surface area contributed by atoms with E-state index in [1.165, 1.54) is 23.8 Å². The van der Waals surface area contributed by atoms with Crippen LogP contribution in [0.2, 0.25) is 0 Å². The summed E-state index contributed by atoms with van der Waals surface area (Å²) in [6, 6.07) is 7.75. The molecule has 5 nitrogen and oxygen atoms in total. The molecular weight excluding hydrogens is 348 g/mol. The number of thiophene rings is 1. The largest absolute Gasteiger partial charge is 0.465 e. The Morgan fingerprint density at radius 2 is 2.12 bits per heavy atom. The Balaban J connectivity index is 1.44. The van der Waals surface area contributed by atoms with Crippen LogP contribution in [0.15, 0.2) is 46.4 Å². The van der Waals surface area contributed by atoms with Gasteiger partial charge in [0.05, 0.1) is 12.3 Å². The van der Waals surface area contributed by atoms with Crippen molar-refractivity contribution in [1.82, 2.24) is 10.6 Å². The normalized spacial score (nSPS) is 16.0. The van der Waals surface area contributed by atoms with E-state index >= 15 is 0 Å². The topological polar surface area (TPSA) is 71.3 Å². The van der Waals surface area contributed by atoms with Crippen LogP contribution in [0.1, 0.15) is 48.8 Å². The maximum absolute atomic E-state index is 12.3. The molecule has 1 aliphatic rings. The van der Waals surface area contributed by atoms with E-state index in [2.05, 4.69) is 22.1 Å². The maximum Gasteiger partial charge on any atom is 0.244 e. The van der Waals surface area contributed by atoms with Gasteiger partial charge in [-0.2, -0.15) is 0 Å². The Kier molecular flexibility index (Phi) is 6.66. The molecule has 2 aromatic rings. The first kappa shape index (κ1) is 18.5. The predicted octanol–water partition coefficient (Wildman–Crippen LogP) is 3.91. The Hall–Kier alpha value is -2.34. The fourth-order valence-corrected chi connectivity index (χ4v) is 4.20. The molecule has 0 radical (unpaired) electrons. The highest BCUT2D eigenvalue weighted by atomic mass is 32.1. The fourth-order valence-electron chi connectivity index (χ4n) is 3.33. The number of rotatable bonds is 8. The Morgan fingerprint density at radius 3 is 2.81 bits per heavy atom. The van der Waals surface area contributed by atoms with Crippen LogP contribution in [0.4, 0.5) is 0 Å². The van der Waals surface area contributed by atoms with Gasteiger partial charge in [0.1, 0.15) is 5.76 Å². The summed E-state index contributed by atoms with van der Waals surface area (Å²) >= 11 is 1.69.